The number of nitrogens with one attached hydrogen (secondary N) is 1. The predicted molar refractivity (Wildman–Crippen MR) is 137 cm³/mol. The van der Waals surface area contributed by atoms with Crippen LogP contribution in [0, 0.1) is 0 Å². The van der Waals surface area contributed by atoms with Crippen molar-refractivity contribution in [3.05, 3.63) is 63.6 Å². The minimum atomic E-state index is -0.255. The fourth-order valence-electron chi connectivity index (χ4n) is 3.91. The van der Waals surface area contributed by atoms with Crippen molar-refractivity contribution < 1.29 is 14.6 Å². The molecule has 180 valence electrons. The Balaban J connectivity index is 1.51. The molecule has 34 heavy (non-hydrogen) atoms. The first-order chi connectivity index (χ1) is 16.5. The Morgan fingerprint density at radius 1 is 1.18 bits per heavy atom. The highest BCUT2D eigenvalue weighted by atomic mass is 35.5. The van der Waals surface area contributed by atoms with Crippen LogP contribution in [0.2, 0.25) is 5.02 Å². The van der Waals surface area contributed by atoms with Crippen LogP contribution in [0.5, 0.6) is 5.75 Å². The van der Waals surface area contributed by atoms with E-state index in [1.54, 1.807) is 19.2 Å². The smallest absolute Gasteiger partial charge is 0.267 e. The molecule has 0 spiro atoms. The number of aliphatic hydroxyl groups excluding tert-OH is 1. The van der Waals surface area contributed by atoms with E-state index >= 15 is 0 Å². The molecule has 0 bridgehead atoms. The molecule has 9 heteroatoms. The molecule has 0 radical (unpaired) electrons. The standard InChI is InChI=1S/C25H29ClN4O3S/c1-29-10-12-30(13-11-29)16-18-5-8-20(15-22(18)33-2)27-24(32)23-21(9-14-31)28-25(34-23)17-3-6-19(26)7-4-17/h3-8,15,31H,9-14,16H2,1-2H3,(H,27,32). The lowest BCUT2D eigenvalue weighted by Gasteiger charge is -2.32. The van der Waals surface area contributed by atoms with Gasteiger partial charge in [0.05, 0.1) is 12.8 Å². The summed E-state index contributed by atoms with van der Waals surface area (Å²) in [5, 5.41) is 13.8. The average Bonchev–Trinajstić information content (AvgIpc) is 3.26. The van der Waals surface area contributed by atoms with E-state index in [0.29, 0.717) is 32.7 Å². The lowest BCUT2D eigenvalue weighted by molar-refractivity contribution is 0.102. The minimum absolute atomic E-state index is 0.0844. The maximum absolute atomic E-state index is 13.1. The third-order valence-corrected chi connectivity index (χ3v) is 7.28. The molecule has 1 aliphatic rings. The number of aliphatic hydroxyl groups is 1. The van der Waals surface area contributed by atoms with Gasteiger partial charge in [-0.15, -0.1) is 11.3 Å². The van der Waals surface area contributed by atoms with Crippen LogP contribution in [-0.4, -0.2) is 72.7 Å². The van der Waals surface area contributed by atoms with Crippen LogP contribution in [0.3, 0.4) is 0 Å². The van der Waals surface area contributed by atoms with Crippen LogP contribution in [0.4, 0.5) is 5.69 Å². The van der Waals surface area contributed by atoms with Gasteiger partial charge in [0.1, 0.15) is 15.6 Å². The van der Waals surface area contributed by atoms with E-state index in [0.717, 1.165) is 49.6 Å². The van der Waals surface area contributed by atoms with Gasteiger partial charge in [-0.2, -0.15) is 0 Å². The normalized spacial score (nSPS) is 14.8. The second-order valence-corrected chi connectivity index (χ2v) is 9.77. The van der Waals surface area contributed by atoms with Crippen LogP contribution < -0.4 is 10.1 Å². The summed E-state index contributed by atoms with van der Waals surface area (Å²) in [5.41, 5.74) is 3.20. The van der Waals surface area contributed by atoms with Gasteiger partial charge in [0.2, 0.25) is 0 Å². The fraction of sp³-hybridized carbons (Fsp3) is 0.360. The van der Waals surface area contributed by atoms with Crippen molar-refractivity contribution in [3.63, 3.8) is 0 Å². The monoisotopic (exact) mass is 500 g/mol. The van der Waals surface area contributed by atoms with Crippen molar-refractivity contribution in [1.82, 2.24) is 14.8 Å². The van der Waals surface area contributed by atoms with Gasteiger partial charge in [0.25, 0.3) is 5.91 Å². The molecular weight excluding hydrogens is 472 g/mol. The number of ether oxygens (including phenoxy) is 1. The number of thiazole rings is 1. The Hall–Kier alpha value is -2.49. The Morgan fingerprint density at radius 2 is 1.91 bits per heavy atom. The largest absolute Gasteiger partial charge is 0.496 e. The summed E-state index contributed by atoms with van der Waals surface area (Å²) in [6.07, 6.45) is 0.306. The zero-order valence-electron chi connectivity index (χ0n) is 19.4. The number of carbonyl (C=O) groups excluding carboxylic acids is 1. The first-order valence-electron chi connectivity index (χ1n) is 11.2. The quantitative estimate of drug-likeness (QED) is 0.486. The van der Waals surface area contributed by atoms with Gasteiger partial charge in [0, 0.05) is 73.7 Å². The van der Waals surface area contributed by atoms with E-state index in [9.17, 15) is 9.90 Å². The number of hydrogen-bond acceptors (Lipinski definition) is 7. The summed E-state index contributed by atoms with van der Waals surface area (Å²) < 4.78 is 5.63. The van der Waals surface area contributed by atoms with Gasteiger partial charge < -0.3 is 20.1 Å². The number of aromatic nitrogens is 1. The Kier molecular flexibility index (Phi) is 8.18. The van der Waals surface area contributed by atoms with Gasteiger partial charge >= 0.3 is 0 Å². The number of halogens is 1. The van der Waals surface area contributed by atoms with E-state index < -0.39 is 0 Å². The van der Waals surface area contributed by atoms with Gasteiger partial charge in [0.15, 0.2) is 0 Å². The lowest BCUT2D eigenvalue weighted by atomic mass is 10.1. The maximum atomic E-state index is 13.1. The number of likely N-dealkylation sites (N-methyl/N-ethyl adjacent to an activating group) is 1. The second kappa shape index (κ2) is 11.3. The number of rotatable bonds is 8. The Labute approximate surface area is 208 Å². The molecule has 1 amide bonds. The summed E-state index contributed by atoms with van der Waals surface area (Å²) in [6, 6.07) is 13.1. The van der Waals surface area contributed by atoms with Crippen LogP contribution in [-0.2, 0) is 13.0 Å². The number of piperazine rings is 1. The lowest BCUT2D eigenvalue weighted by Crippen LogP contribution is -2.43. The Morgan fingerprint density at radius 3 is 2.59 bits per heavy atom. The first kappa shape index (κ1) is 24.6. The summed E-state index contributed by atoms with van der Waals surface area (Å²) in [6.45, 7) is 4.88. The molecule has 7 nitrogen and oxygen atoms in total. The molecule has 2 heterocycles. The number of anilines is 1. The van der Waals surface area contributed by atoms with Crippen molar-refractivity contribution in [3.8, 4) is 16.3 Å². The molecule has 2 aromatic carbocycles. The first-order valence-corrected chi connectivity index (χ1v) is 12.4. The van der Waals surface area contributed by atoms with E-state index in [4.69, 9.17) is 16.3 Å². The molecule has 0 saturated carbocycles. The van der Waals surface area contributed by atoms with E-state index in [-0.39, 0.29) is 12.5 Å². The maximum Gasteiger partial charge on any atom is 0.267 e. The topological polar surface area (TPSA) is 77.9 Å². The molecule has 4 rings (SSSR count). The molecule has 1 saturated heterocycles. The highest BCUT2D eigenvalue weighted by Gasteiger charge is 2.20. The average molecular weight is 501 g/mol. The van der Waals surface area contributed by atoms with Crippen molar-refractivity contribution in [1.29, 1.82) is 0 Å². The molecule has 2 N–H and O–H groups in total. The number of nitrogens with zero attached hydrogens (tertiary/aromatic N) is 3. The number of carbonyl (C=O) groups is 1. The number of hydrogen-bond donors (Lipinski definition) is 2. The van der Waals surface area contributed by atoms with Gasteiger partial charge in [-0.25, -0.2) is 4.98 Å². The number of methoxy groups -OCH3 is 1. The number of benzene rings is 2. The van der Waals surface area contributed by atoms with Crippen LogP contribution in [0.25, 0.3) is 10.6 Å². The molecule has 0 atom stereocenters. The molecule has 1 fully saturated rings. The SMILES string of the molecule is COc1cc(NC(=O)c2sc(-c3ccc(Cl)cc3)nc2CCO)ccc1CN1CCN(C)CC1. The van der Waals surface area contributed by atoms with Crippen LogP contribution >= 0.6 is 22.9 Å². The summed E-state index contributed by atoms with van der Waals surface area (Å²) >= 11 is 7.30. The van der Waals surface area contributed by atoms with Crippen molar-refractivity contribution >= 4 is 34.5 Å². The van der Waals surface area contributed by atoms with Gasteiger partial charge in [-0.05, 0) is 25.2 Å². The third kappa shape index (κ3) is 5.95. The third-order valence-electron chi connectivity index (χ3n) is 5.88. The van der Waals surface area contributed by atoms with E-state index in [1.807, 2.05) is 30.3 Å². The van der Waals surface area contributed by atoms with Gasteiger partial charge in [-0.3, -0.25) is 9.69 Å². The summed E-state index contributed by atoms with van der Waals surface area (Å²) in [5.74, 6) is 0.494. The molecule has 1 aliphatic heterocycles. The van der Waals surface area contributed by atoms with E-state index in [1.165, 1.54) is 11.3 Å². The summed E-state index contributed by atoms with van der Waals surface area (Å²) in [4.78, 5) is 23.0. The summed E-state index contributed by atoms with van der Waals surface area (Å²) in [7, 11) is 3.79. The zero-order chi connectivity index (χ0) is 24.1. The van der Waals surface area contributed by atoms with Gasteiger partial charge in [-0.1, -0.05) is 29.8 Å². The highest BCUT2D eigenvalue weighted by Crippen LogP contribution is 2.31. The van der Waals surface area contributed by atoms with Crippen molar-refractivity contribution in [2.45, 2.75) is 13.0 Å². The van der Waals surface area contributed by atoms with Crippen molar-refractivity contribution in [2.24, 2.45) is 0 Å². The molecular formula is C25H29ClN4O3S. The fourth-order valence-corrected chi connectivity index (χ4v) is 5.05. The van der Waals surface area contributed by atoms with Crippen LogP contribution in [0.15, 0.2) is 42.5 Å². The molecule has 1 aromatic heterocycles. The molecule has 3 aromatic rings. The highest BCUT2D eigenvalue weighted by molar-refractivity contribution is 7.17. The minimum Gasteiger partial charge on any atom is -0.496 e. The Bertz CT molecular complexity index is 1130. The van der Waals surface area contributed by atoms with Crippen LogP contribution in [0.1, 0.15) is 20.9 Å². The number of amides is 1. The molecule has 0 unspecified atom stereocenters. The molecule has 0 aliphatic carbocycles. The zero-order valence-corrected chi connectivity index (χ0v) is 21.0. The predicted octanol–water partition coefficient (Wildman–Crippen LogP) is 4.01. The van der Waals surface area contributed by atoms with E-state index in [2.05, 4.69) is 27.1 Å². The second-order valence-electron chi connectivity index (χ2n) is 8.34. The van der Waals surface area contributed by atoms with Crippen molar-refractivity contribution in [2.75, 3.05) is 52.3 Å².